The Balaban J connectivity index is 1.89. The highest BCUT2D eigenvalue weighted by atomic mass is 16.6. The molecular formula is C15H22N2O3. The fourth-order valence-electron chi connectivity index (χ4n) is 2.42. The lowest BCUT2D eigenvalue weighted by molar-refractivity contribution is 0.0733. The van der Waals surface area contributed by atoms with Crippen LogP contribution in [0.15, 0.2) is 30.3 Å². The molecule has 0 spiro atoms. The first kappa shape index (κ1) is 14.8. The summed E-state index contributed by atoms with van der Waals surface area (Å²) in [7, 11) is 0. The van der Waals surface area contributed by atoms with Crippen LogP contribution in [0, 0.1) is 0 Å². The van der Waals surface area contributed by atoms with E-state index < -0.39 is 17.7 Å². The number of β-amino-alcohol motifs (C(OH)–C–C–N with tert-alkyl or cyclic N) is 1. The van der Waals surface area contributed by atoms with Gasteiger partial charge in [0.05, 0.1) is 6.10 Å². The number of aliphatic hydroxyl groups is 1. The third-order valence-electron chi connectivity index (χ3n) is 3.55. The summed E-state index contributed by atoms with van der Waals surface area (Å²) in [4.78, 5) is 13.6. The third kappa shape index (κ3) is 4.21. The lowest BCUT2D eigenvalue weighted by Crippen LogP contribution is -2.39. The molecule has 1 aromatic rings. The molecule has 0 aliphatic carbocycles. The van der Waals surface area contributed by atoms with Crippen LogP contribution in [0.3, 0.4) is 0 Å². The maximum Gasteiger partial charge on any atom is 0.410 e. The van der Waals surface area contributed by atoms with Crippen molar-refractivity contribution in [2.45, 2.75) is 38.0 Å². The largest absolute Gasteiger partial charge is 0.445 e. The number of likely N-dealkylation sites (tertiary alicyclic amines) is 1. The number of nitrogens with zero attached hydrogens (tertiary/aromatic N) is 1. The topological polar surface area (TPSA) is 75.8 Å². The number of benzene rings is 1. The molecule has 1 aromatic carbocycles. The van der Waals surface area contributed by atoms with Gasteiger partial charge < -0.3 is 20.5 Å². The Labute approximate surface area is 119 Å². The molecule has 3 N–H and O–H groups in total. The van der Waals surface area contributed by atoms with E-state index in [0.717, 1.165) is 5.56 Å². The Morgan fingerprint density at radius 2 is 2.20 bits per heavy atom. The second kappa shape index (κ2) is 6.24. The number of hydrogen-bond donors (Lipinski definition) is 2. The minimum Gasteiger partial charge on any atom is -0.445 e. The van der Waals surface area contributed by atoms with Gasteiger partial charge in [0.25, 0.3) is 0 Å². The molecule has 2 rings (SSSR count). The molecule has 0 aromatic heterocycles. The lowest BCUT2D eigenvalue weighted by atomic mass is 9.93. The van der Waals surface area contributed by atoms with E-state index in [1.165, 1.54) is 4.90 Å². The number of carbonyl (C=O) groups is 1. The van der Waals surface area contributed by atoms with Crippen LogP contribution in [0.5, 0.6) is 0 Å². The van der Waals surface area contributed by atoms with E-state index in [0.29, 0.717) is 19.4 Å². The molecule has 0 saturated carbocycles. The van der Waals surface area contributed by atoms with Crippen molar-refractivity contribution in [2.75, 3.05) is 13.1 Å². The van der Waals surface area contributed by atoms with Crippen molar-refractivity contribution >= 4 is 6.09 Å². The molecule has 2 atom stereocenters. The smallest absolute Gasteiger partial charge is 0.410 e. The first-order valence-corrected chi connectivity index (χ1v) is 6.89. The fraction of sp³-hybridized carbons (Fsp3) is 0.533. The maximum atomic E-state index is 12.0. The van der Waals surface area contributed by atoms with E-state index in [1.807, 2.05) is 37.3 Å². The minimum atomic E-state index is -0.600. The molecule has 1 amide bonds. The van der Waals surface area contributed by atoms with Gasteiger partial charge in [-0.3, -0.25) is 0 Å². The highest BCUT2D eigenvalue weighted by Gasteiger charge is 2.31. The van der Waals surface area contributed by atoms with E-state index in [9.17, 15) is 9.90 Å². The zero-order valence-corrected chi connectivity index (χ0v) is 11.8. The normalized spacial score (nSPS) is 26.9. The number of rotatable bonds is 2. The monoisotopic (exact) mass is 278 g/mol. The van der Waals surface area contributed by atoms with Crippen molar-refractivity contribution in [2.24, 2.45) is 5.73 Å². The molecule has 5 heteroatoms. The summed E-state index contributed by atoms with van der Waals surface area (Å²) in [6.45, 7) is 2.93. The van der Waals surface area contributed by atoms with Gasteiger partial charge in [0.2, 0.25) is 0 Å². The SMILES string of the molecule is CC1(N)CCN(C(=O)OCc2ccccc2)CC(O)C1. The molecule has 1 saturated heterocycles. The molecular weight excluding hydrogens is 256 g/mol. The Morgan fingerprint density at radius 1 is 1.50 bits per heavy atom. The van der Waals surface area contributed by atoms with Crippen molar-refractivity contribution in [1.29, 1.82) is 0 Å². The van der Waals surface area contributed by atoms with Gasteiger partial charge in [0, 0.05) is 18.6 Å². The van der Waals surface area contributed by atoms with E-state index in [2.05, 4.69) is 0 Å². The van der Waals surface area contributed by atoms with Crippen LogP contribution in [0.2, 0.25) is 0 Å². The van der Waals surface area contributed by atoms with Crippen molar-refractivity contribution in [3.05, 3.63) is 35.9 Å². The van der Waals surface area contributed by atoms with E-state index in [4.69, 9.17) is 10.5 Å². The van der Waals surface area contributed by atoms with Crippen molar-refractivity contribution in [3.63, 3.8) is 0 Å². The maximum absolute atomic E-state index is 12.0. The fourth-order valence-corrected chi connectivity index (χ4v) is 2.42. The highest BCUT2D eigenvalue weighted by Crippen LogP contribution is 2.20. The molecule has 1 fully saturated rings. The standard InChI is InChI=1S/C15H22N2O3/c1-15(16)7-8-17(10-13(18)9-15)14(19)20-11-12-5-3-2-4-6-12/h2-6,13,18H,7-11,16H2,1H3. The average Bonchev–Trinajstić information content (AvgIpc) is 2.54. The summed E-state index contributed by atoms with van der Waals surface area (Å²) in [5.74, 6) is 0. The molecule has 110 valence electrons. The second-order valence-corrected chi connectivity index (χ2v) is 5.75. The first-order chi connectivity index (χ1) is 9.46. The number of amides is 1. The Kier molecular flexibility index (Phi) is 4.62. The third-order valence-corrected chi connectivity index (χ3v) is 3.55. The van der Waals surface area contributed by atoms with Crippen LogP contribution < -0.4 is 5.73 Å². The molecule has 0 bridgehead atoms. The predicted molar refractivity (Wildman–Crippen MR) is 76.0 cm³/mol. The summed E-state index contributed by atoms with van der Waals surface area (Å²) < 4.78 is 5.27. The van der Waals surface area contributed by atoms with Crippen LogP contribution in [-0.4, -0.2) is 40.8 Å². The second-order valence-electron chi connectivity index (χ2n) is 5.75. The van der Waals surface area contributed by atoms with Crippen molar-refractivity contribution < 1.29 is 14.6 Å². The Bertz CT molecular complexity index is 448. The van der Waals surface area contributed by atoms with Crippen LogP contribution in [-0.2, 0) is 11.3 Å². The van der Waals surface area contributed by atoms with Crippen molar-refractivity contribution in [3.8, 4) is 0 Å². The highest BCUT2D eigenvalue weighted by molar-refractivity contribution is 5.67. The zero-order chi connectivity index (χ0) is 14.6. The average molecular weight is 278 g/mol. The molecule has 0 radical (unpaired) electrons. The summed E-state index contributed by atoms with van der Waals surface area (Å²) in [6.07, 6.45) is 0.155. The number of aliphatic hydroxyl groups excluding tert-OH is 1. The number of nitrogens with two attached hydrogens (primary N) is 1. The van der Waals surface area contributed by atoms with Crippen molar-refractivity contribution in [1.82, 2.24) is 4.90 Å². The lowest BCUT2D eigenvalue weighted by Gasteiger charge is -2.23. The van der Waals surface area contributed by atoms with Gasteiger partial charge in [-0.1, -0.05) is 30.3 Å². The summed E-state index contributed by atoms with van der Waals surface area (Å²) >= 11 is 0. The molecule has 1 aliphatic rings. The summed E-state index contributed by atoms with van der Waals surface area (Å²) in [5.41, 5.74) is 6.56. The Morgan fingerprint density at radius 3 is 2.90 bits per heavy atom. The molecule has 5 nitrogen and oxygen atoms in total. The summed E-state index contributed by atoms with van der Waals surface area (Å²) in [6, 6.07) is 9.53. The number of hydrogen-bond acceptors (Lipinski definition) is 4. The Hall–Kier alpha value is -1.59. The van der Waals surface area contributed by atoms with Crippen LogP contribution in [0.25, 0.3) is 0 Å². The van der Waals surface area contributed by atoms with E-state index in [-0.39, 0.29) is 13.2 Å². The van der Waals surface area contributed by atoms with Crippen LogP contribution in [0.1, 0.15) is 25.3 Å². The zero-order valence-electron chi connectivity index (χ0n) is 11.8. The van der Waals surface area contributed by atoms with Gasteiger partial charge in [-0.2, -0.15) is 0 Å². The molecule has 2 unspecified atom stereocenters. The number of carbonyl (C=O) groups excluding carboxylic acids is 1. The molecule has 20 heavy (non-hydrogen) atoms. The van der Waals surface area contributed by atoms with Gasteiger partial charge in [-0.15, -0.1) is 0 Å². The van der Waals surface area contributed by atoms with E-state index in [1.54, 1.807) is 0 Å². The van der Waals surface area contributed by atoms with Gasteiger partial charge in [-0.05, 0) is 25.3 Å². The van der Waals surface area contributed by atoms with Crippen LogP contribution in [0.4, 0.5) is 4.79 Å². The predicted octanol–water partition coefficient (Wildman–Crippen LogP) is 1.50. The van der Waals surface area contributed by atoms with Crippen LogP contribution >= 0.6 is 0 Å². The minimum absolute atomic E-state index is 0.242. The molecule has 1 aliphatic heterocycles. The van der Waals surface area contributed by atoms with Gasteiger partial charge in [0.1, 0.15) is 6.61 Å². The van der Waals surface area contributed by atoms with Gasteiger partial charge in [-0.25, -0.2) is 4.79 Å². The molecule has 1 heterocycles. The number of ether oxygens (including phenoxy) is 1. The van der Waals surface area contributed by atoms with Gasteiger partial charge in [0.15, 0.2) is 0 Å². The quantitative estimate of drug-likeness (QED) is 0.859. The van der Waals surface area contributed by atoms with Gasteiger partial charge >= 0.3 is 6.09 Å². The summed E-state index contributed by atoms with van der Waals surface area (Å²) in [5, 5.41) is 9.90. The first-order valence-electron chi connectivity index (χ1n) is 6.89. The van der Waals surface area contributed by atoms with E-state index >= 15 is 0 Å².